The number of aromatic nitrogens is 2. The molecule has 3 aliphatic heterocycles. The van der Waals surface area contributed by atoms with E-state index in [0.29, 0.717) is 25.9 Å². The summed E-state index contributed by atoms with van der Waals surface area (Å²) in [7, 11) is 0. The van der Waals surface area contributed by atoms with Crippen molar-refractivity contribution in [1.82, 2.24) is 25.5 Å². The Morgan fingerprint density at radius 1 is 1.29 bits per heavy atom. The highest BCUT2D eigenvalue weighted by Gasteiger charge is 2.38. The van der Waals surface area contributed by atoms with E-state index >= 15 is 0 Å². The number of anilines is 1. The van der Waals surface area contributed by atoms with E-state index in [4.69, 9.17) is 4.74 Å². The van der Waals surface area contributed by atoms with Crippen molar-refractivity contribution in [2.75, 3.05) is 37.7 Å². The molecule has 0 spiro atoms. The van der Waals surface area contributed by atoms with E-state index < -0.39 is 0 Å². The highest BCUT2D eigenvalue weighted by molar-refractivity contribution is 5.79. The fourth-order valence-electron chi connectivity index (χ4n) is 4.23. The minimum Gasteiger partial charge on any atom is -0.376 e. The number of nitrogens with one attached hydrogen (secondary N) is 2. The van der Waals surface area contributed by atoms with Crippen LogP contribution in [0, 0.1) is 6.92 Å². The molecule has 3 saturated heterocycles. The molecule has 4 rings (SSSR count). The summed E-state index contributed by atoms with van der Waals surface area (Å²) in [5.41, 5.74) is 0. The molecule has 0 saturated carbocycles. The first-order valence-corrected chi connectivity index (χ1v) is 10.1. The lowest BCUT2D eigenvalue weighted by Crippen LogP contribution is -2.62. The van der Waals surface area contributed by atoms with Gasteiger partial charge in [0.2, 0.25) is 5.91 Å². The molecular formula is C19H28N6O3. The average molecular weight is 388 g/mol. The number of nitrogens with zero attached hydrogens (tertiary/aromatic N) is 4. The summed E-state index contributed by atoms with van der Waals surface area (Å²) < 4.78 is 5.77. The Morgan fingerprint density at radius 3 is 2.82 bits per heavy atom. The highest BCUT2D eigenvalue weighted by atomic mass is 16.5. The normalized spacial score (nSPS) is 28.2. The lowest BCUT2D eigenvalue weighted by molar-refractivity contribution is -0.125. The van der Waals surface area contributed by atoms with Crippen molar-refractivity contribution in [3.05, 3.63) is 18.1 Å². The molecule has 2 N–H and O–H groups in total. The van der Waals surface area contributed by atoms with E-state index in [0.717, 1.165) is 44.2 Å². The lowest BCUT2D eigenvalue weighted by atomic mass is 9.92. The topological polar surface area (TPSA) is 99.7 Å². The van der Waals surface area contributed by atoms with Crippen LogP contribution in [0.5, 0.6) is 0 Å². The van der Waals surface area contributed by atoms with Gasteiger partial charge in [-0.05, 0) is 32.3 Å². The molecule has 0 aliphatic carbocycles. The van der Waals surface area contributed by atoms with Gasteiger partial charge in [0.1, 0.15) is 11.6 Å². The van der Waals surface area contributed by atoms with Gasteiger partial charge in [-0.3, -0.25) is 4.79 Å². The first-order chi connectivity index (χ1) is 13.6. The summed E-state index contributed by atoms with van der Waals surface area (Å²) in [6, 6.07) is 1.61. The molecule has 28 heavy (non-hydrogen) atoms. The Balaban J connectivity index is 1.32. The van der Waals surface area contributed by atoms with Crippen molar-refractivity contribution < 1.29 is 14.3 Å². The number of urea groups is 1. The van der Waals surface area contributed by atoms with Gasteiger partial charge in [-0.1, -0.05) is 0 Å². The van der Waals surface area contributed by atoms with Gasteiger partial charge in [0.05, 0.1) is 18.2 Å². The maximum absolute atomic E-state index is 12.8. The molecule has 3 amide bonds. The number of ether oxygens (including phenoxy) is 1. The van der Waals surface area contributed by atoms with Gasteiger partial charge in [0.15, 0.2) is 0 Å². The van der Waals surface area contributed by atoms with Gasteiger partial charge in [-0.2, -0.15) is 0 Å². The number of carbonyl (C=O) groups excluding carboxylic acids is 2. The zero-order valence-corrected chi connectivity index (χ0v) is 16.3. The molecule has 9 heteroatoms. The second-order valence-corrected chi connectivity index (χ2v) is 7.68. The lowest BCUT2D eigenvalue weighted by Gasteiger charge is -2.39. The van der Waals surface area contributed by atoms with E-state index in [1.807, 2.05) is 17.9 Å². The Hall–Kier alpha value is -2.42. The fraction of sp³-hybridized carbons (Fsp3) is 0.684. The molecule has 3 unspecified atom stereocenters. The Bertz CT molecular complexity index is 715. The van der Waals surface area contributed by atoms with Crippen LogP contribution < -0.4 is 15.5 Å². The van der Waals surface area contributed by atoms with Gasteiger partial charge in [-0.25, -0.2) is 14.8 Å². The van der Waals surface area contributed by atoms with Crippen LogP contribution in [-0.4, -0.2) is 77.8 Å². The van der Waals surface area contributed by atoms with Gasteiger partial charge in [0, 0.05) is 45.4 Å². The van der Waals surface area contributed by atoms with E-state index in [1.54, 1.807) is 6.20 Å². The van der Waals surface area contributed by atoms with Gasteiger partial charge in [0.25, 0.3) is 0 Å². The molecule has 9 nitrogen and oxygen atoms in total. The van der Waals surface area contributed by atoms with Crippen LogP contribution in [0.1, 0.15) is 31.5 Å². The van der Waals surface area contributed by atoms with E-state index in [2.05, 4.69) is 25.5 Å². The standard InChI is InChI=1S/C19H28N6O3/c1-13-20-7-6-16(21-13)24-8-10-25(11-9-24)19(27)22-14-4-5-17(26)23-18(14)15-3-2-12-28-15/h6-7,14-15,18H,2-5,8-12H2,1H3,(H,22,27)(H,23,26). The molecular weight excluding hydrogens is 360 g/mol. The number of hydrogen-bond acceptors (Lipinski definition) is 6. The number of rotatable bonds is 3. The number of piperidine rings is 1. The van der Waals surface area contributed by atoms with Crippen molar-refractivity contribution in [3.63, 3.8) is 0 Å². The minimum atomic E-state index is -0.141. The third kappa shape index (κ3) is 4.19. The number of piperazine rings is 1. The molecule has 0 radical (unpaired) electrons. The summed E-state index contributed by atoms with van der Waals surface area (Å²) in [5.74, 6) is 1.69. The first-order valence-electron chi connectivity index (χ1n) is 10.1. The van der Waals surface area contributed by atoms with Crippen molar-refractivity contribution in [2.45, 2.75) is 50.8 Å². The molecule has 3 fully saturated rings. The molecule has 4 heterocycles. The molecule has 152 valence electrons. The van der Waals surface area contributed by atoms with Crippen molar-refractivity contribution >= 4 is 17.8 Å². The van der Waals surface area contributed by atoms with Crippen molar-refractivity contribution in [1.29, 1.82) is 0 Å². The summed E-state index contributed by atoms with van der Waals surface area (Å²) in [6.07, 6.45) is 4.78. The van der Waals surface area contributed by atoms with Crippen molar-refractivity contribution in [3.8, 4) is 0 Å². The quantitative estimate of drug-likeness (QED) is 0.780. The molecule has 3 aliphatic rings. The van der Waals surface area contributed by atoms with E-state index in [9.17, 15) is 9.59 Å². The number of amides is 3. The van der Waals surface area contributed by atoms with Crippen LogP contribution in [0.4, 0.5) is 10.6 Å². The number of carbonyl (C=O) groups is 2. The third-order valence-electron chi connectivity index (χ3n) is 5.77. The van der Waals surface area contributed by atoms with Gasteiger partial charge >= 0.3 is 6.03 Å². The minimum absolute atomic E-state index is 0.00704. The molecule has 0 bridgehead atoms. The summed E-state index contributed by atoms with van der Waals surface area (Å²) in [5, 5.41) is 6.18. The smallest absolute Gasteiger partial charge is 0.317 e. The van der Waals surface area contributed by atoms with Crippen LogP contribution in [-0.2, 0) is 9.53 Å². The van der Waals surface area contributed by atoms with E-state index in [-0.39, 0.29) is 30.1 Å². The van der Waals surface area contributed by atoms with Gasteiger partial charge in [-0.15, -0.1) is 0 Å². The fourth-order valence-corrected chi connectivity index (χ4v) is 4.23. The maximum atomic E-state index is 12.8. The maximum Gasteiger partial charge on any atom is 0.317 e. The predicted molar refractivity (Wildman–Crippen MR) is 103 cm³/mol. The highest BCUT2D eigenvalue weighted by Crippen LogP contribution is 2.23. The van der Waals surface area contributed by atoms with Crippen LogP contribution in [0.3, 0.4) is 0 Å². The number of hydrogen-bond donors (Lipinski definition) is 2. The molecule has 1 aromatic rings. The van der Waals surface area contributed by atoms with Crippen LogP contribution in [0.25, 0.3) is 0 Å². The summed E-state index contributed by atoms with van der Waals surface area (Å²) in [4.78, 5) is 37.3. The summed E-state index contributed by atoms with van der Waals surface area (Å²) in [6.45, 7) is 5.35. The van der Waals surface area contributed by atoms with Crippen LogP contribution >= 0.6 is 0 Å². The molecule has 3 atom stereocenters. The largest absolute Gasteiger partial charge is 0.376 e. The third-order valence-corrected chi connectivity index (χ3v) is 5.77. The first kappa shape index (κ1) is 18.9. The Labute approximate surface area is 164 Å². The Kier molecular flexibility index (Phi) is 5.61. The second-order valence-electron chi connectivity index (χ2n) is 7.68. The van der Waals surface area contributed by atoms with E-state index in [1.165, 1.54) is 0 Å². The zero-order valence-electron chi connectivity index (χ0n) is 16.3. The number of aryl methyl sites for hydroxylation is 1. The molecule has 1 aromatic heterocycles. The second kappa shape index (κ2) is 8.30. The summed E-state index contributed by atoms with van der Waals surface area (Å²) >= 11 is 0. The van der Waals surface area contributed by atoms with Crippen molar-refractivity contribution in [2.24, 2.45) is 0 Å². The predicted octanol–water partition coefficient (Wildman–Crippen LogP) is 0.443. The van der Waals surface area contributed by atoms with Crippen LogP contribution in [0.2, 0.25) is 0 Å². The van der Waals surface area contributed by atoms with Crippen LogP contribution in [0.15, 0.2) is 12.3 Å². The van der Waals surface area contributed by atoms with Gasteiger partial charge < -0.3 is 25.2 Å². The zero-order chi connectivity index (χ0) is 19.5. The SMILES string of the molecule is Cc1nccc(N2CCN(C(=O)NC3CCC(=O)NC3C3CCCO3)CC2)n1. The Morgan fingerprint density at radius 2 is 2.11 bits per heavy atom. The monoisotopic (exact) mass is 388 g/mol. The average Bonchev–Trinajstić information content (AvgIpc) is 3.24. The molecule has 0 aromatic carbocycles.